The van der Waals surface area contributed by atoms with Crippen LogP contribution >= 0.6 is 0 Å². The van der Waals surface area contributed by atoms with Crippen LogP contribution in [0.1, 0.15) is 17.7 Å². The molecule has 0 unspecified atom stereocenters. The lowest BCUT2D eigenvalue weighted by Gasteiger charge is -2.23. The normalized spacial score (nSPS) is 18.5. The number of nitrogen functional groups attached to an aromatic ring is 1. The highest BCUT2D eigenvalue weighted by Crippen LogP contribution is 2.31. The molecule has 0 atom stereocenters. The summed E-state index contributed by atoms with van der Waals surface area (Å²) in [7, 11) is 2.12. The molecule has 0 radical (unpaired) electrons. The third kappa shape index (κ3) is 2.95. The van der Waals surface area contributed by atoms with Gasteiger partial charge in [-0.1, -0.05) is 0 Å². The molecule has 0 bridgehead atoms. The average Bonchev–Trinajstić information content (AvgIpc) is 2.79. The number of hydrogen-bond acceptors (Lipinski definition) is 6. The average molecular weight is 325 g/mol. The molecule has 2 aliphatic rings. The lowest BCUT2D eigenvalue weighted by molar-refractivity contribution is 0.152. The number of nitrogens with zero attached hydrogens (tertiary/aromatic N) is 4. The van der Waals surface area contributed by atoms with Crippen molar-refractivity contribution in [3.8, 4) is 11.4 Å². The van der Waals surface area contributed by atoms with Gasteiger partial charge in [-0.25, -0.2) is 9.97 Å². The van der Waals surface area contributed by atoms with Gasteiger partial charge in [0.2, 0.25) is 0 Å². The lowest BCUT2D eigenvalue weighted by atomic mass is 10.1. The molecule has 1 aromatic carbocycles. The van der Waals surface area contributed by atoms with Gasteiger partial charge in [0.1, 0.15) is 5.82 Å². The van der Waals surface area contributed by atoms with Crippen molar-refractivity contribution in [3.63, 3.8) is 0 Å². The number of fused-ring (bicyclic) bond motifs is 1. The molecule has 2 aromatic rings. The van der Waals surface area contributed by atoms with Gasteiger partial charge >= 0.3 is 0 Å². The van der Waals surface area contributed by atoms with Gasteiger partial charge in [-0.05, 0) is 37.7 Å². The van der Waals surface area contributed by atoms with Crippen LogP contribution in [0.3, 0.4) is 0 Å². The van der Waals surface area contributed by atoms with Gasteiger partial charge in [0, 0.05) is 49.6 Å². The Kier molecular flexibility index (Phi) is 4.08. The van der Waals surface area contributed by atoms with E-state index in [0.29, 0.717) is 0 Å². The minimum atomic E-state index is 0.754. The summed E-state index contributed by atoms with van der Waals surface area (Å²) >= 11 is 0. The van der Waals surface area contributed by atoms with E-state index in [0.717, 1.165) is 74.4 Å². The Bertz CT molecular complexity index is 723. The fourth-order valence-corrected chi connectivity index (χ4v) is 3.37. The van der Waals surface area contributed by atoms with E-state index < -0.39 is 0 Å². The summed E-state index contributed by atoms with van der Waals surface area (Å²) in [4.78, 5) is 14.4. The van der Waals surface area contributed by atoms with Gasteiger partial charge < -0.3 is 15.4 Å². The van der Waals surface area contributed by atoms with Crippen LogP contribution in [0.15, 0.2) is 24.3 Å². The maximum Gasteiger partial charge on any atom is 0.161 e. The van der Waals surface area contributed by atoms with Gasteiger partial charge in [-0.3, -0.25) is 4.90 Å². The summed E-state index contributed by atoms with van der Waals surface area (Å²) in [5.74, 6) is 1.85. The van der Waals surface area contributed by atoms with E-state index >= 15 is 0 Å². The first-order chi connectivity index (χ1) is 11.7. The predicted molar refractivity (Wildman–Crippen MR) is 94.7 cm³/mol. The Morgan fingerprint density at radius 1 is 1.04 bits per heavy atom. The Hall–Kier alpha value is -2.18. The summed E-state index contributed by atoms with van der Waals surface area (Å²) in [5, 5.41) is 0. The number of ether oxygens (including phenoxy) is 1. The van der Waals surface area contributed by atoms with E-state index in [9.17, 15) is 0 Å². The van der Waals surface area contributed by atoms with Crippen LogP contribution in [0, 0.1) is 0 Å². The number of nitrogens with two attached hydrogens (primary N) is 1. The van der Waals surface area contributed by atoms with E-state index in [1.165, 1.54) is 5.56 Å². The minimum Gasteiger partial charge on any atom is -0.399 e. The molecule has 1 aromatic heterocycles. The molecule has 1 saturated heterocycles. The molecule has 0 amide bonds. The molecule has 24 heavy (non-hydrogen) atoms. The molecule has 0 spiro atoms. The fraction of sp³-hybridized carbons (Fsp3) is 0.444. The first-order valence-corrected chi connectivity index (χ1v) is 8.47. The van der Waals surface area contributed by atoms with E-state index in [2.05, 4.69) is 16.8 Å². The Morgan fingerprint density at radius 2 is 1.88 bits per heavy atom. The zero-order valence-electron chi connectivity index (χ0n) is 14.0. The molecule has 3 heterocycles. The first-order valence-electron chi connectivity index (χ1n) is 8.47. The second-order valence-corrected chi connectivity index (χ2v) is 6.54. The van der Waals surface area contributed by atoms with Crippen molar-refractivity contribution in [3.05, 3.63) is 35.5 Å². The third-order valence-corrected chi connectivity index (χ3v) is 4.61. The molecule has 1 fully saturated rings. The van der Waals surface area contributed by atoms with Crippen LogP contribution in [-0.4, -0.2) is 48.2 Å². The van der Waals surface area contributed by atoms with Crippen molar-refractivity contribution in [2.75, 3.05) is 44.0 Å². The zero-order valence-corrected chi connectivity index (χ0v) is 14.0. The van der Waals surface area contributed by atoms with Crippen molar-refractivity contribution < 1.29 is 4.74 Å². The number of benzene rings is 1. The van der Waals surface area contributed by atoms with E-state index in [1.807, 2.05) is 24.3 Å². The van der Waals surface area contributed by atoms with E-state index in [-0.39, 0.29) is 0 Å². The zero-order chi connectivity index (χ0) is 16.5. The largest absolute Gasteiger partial charge is 0.399 e. The molecule has 2 N–H and O–H groups in total. The topological polar surface area (TPSA) is 67.5 Å². The third-order valence-electron chi connectivity index (χ3n) is 4.61. The van der Waals surface area contributed by atoms with Crippen molar-refractivity contribution in [2.45, 2.75) is 19.5 Å². The molecular formula is C18H23N5O. The molecule has 2 aliphatic heterocycles. The Labute approximate surface area is 142 Å². The number of rotatable bonds is 2. The molecule has 0 aliphatic carbocycles. The van der Waals surface area contributed by atoms with Crippen LogP contribution in [0.4, 0.5) is 11.5 Å². The van der Waals surface area contributed by atoms with Crippen LogP contribution in [0.5, 0.6) is 0 Å². The summed E-state index contributed by atoms with van der Waals surface area (Å²) in [6.07, 6.45) is 1.03. The number of hydrogen-bond donors (Lipinski definition) is 1. The van der Waals surface area contributed by atoms with Crippen molar-refractivity contribution in [1.29, 1.82) is 0 Å². The van der Waals surface area contributed by atoms with Crippen LogP contribution in [-0.2, 0) is 17.8 Å². The maximum atomic E-state index is 5.81. The number of aromatic nitrogens is 2. The van der Waals surface area contributed by atoms with Gasteiger partial charge in [-0.15, -0.1) is 0 Å². The first kappa shape index (κ1) is 15.4. The van der Waals surface area contributed by atoms with Crippen LogP contribution in [0.25, 0.3) is 11.4 Å². The van der Waals surface area contributed by atoms with Gasteiger partial charge in [-0.2, -0.15) is 0 Å². The number of anilines is 2. The van der Waals surface area contributed by atoms with E-state index in [4.69, 9.17) is 20.4 Å². The monoisotopic (exact) mass is 325 g/mol. The SMILES string of the molecule is CN1Cc2nc(-c3ccc(N)cc3)nc(N3CCCOCC3)c2C1. The van der Waals surface area contributed by atoms with Gasteiger partial charge in [0.15, 0.2) is 5.82 Å². The molecular weight excluding hydrogens is 302 g/mol. The van der Waals surface area contributed by atoms with Crippen LogP contribution in [0.2, 0.25) is 0 Å². The summed E-state index contributed by atoms with van der Waals surface area (Å²) < 4.78 is 5.61. The van der Waals surface area contributed by atoms with Gasteiger partial charge in [0.25, 0.3) is 0 Å². The smallest absolute Gasteiger partial charge is 0.161 e. The van der Waals surface area contributed by atoms with Crippen molar-refractivity contribution in [2.24, 2.45) is 0 Å². The summed E-state index contributed by atoms with van der Waals surface area (Å²) in [6.45, 7) is 5.23. The maximum absolute atomic E-state index is 5.81. The van der Waals surface area contributed by atoms with Crippen molar-refractivity contribution in [1.82, 2.24) is 14.9 Å². The quantitative estimate of drug-likeness (QED) is 0.851. The second-order valence-electron chi connectivity index (χ2n) is 6.54. The fourth-order valence-electron chi connectivity index (χ4n) is 3.37. The van der Waals surface area contributed by atoms with Gasteiger partial charge in [0.05, 0.1) is 12.3 Å². The highest BCUT2D eigenvalue weighted by Gasteiger charge is 2.26. The highest BCUT2D eigenvalue weighted by atomic mass is 16.5. The predicted octanol–water partition coefficient (Wildman–Crippen LogP) is 1.90. The lowest BCUT2D eigenvalue weighted by Crippen LogP contribution is -2.28. The summed E-state index contributed by atoms with van der Waals surface area (Å²) in [5.41, 5.74) is 9.97. The Balaban J connectivity index is 1.78. The summed E-state index contributed by atoms with van der Waals surface area (Å²) in [6, 6.07) is 7.78. The Morgan fingerprint density at radius 3 is 2.71 bits per heavy atom. The second kappa shape index (κ2) is 6.37. The van der Waals surface area contributed by atoms with E-state index in [1.54, 1.807) is 0 Å². The van der Waals surface area contributed by atoms with Crippen molar-refractivity contribution >= 4 is 11.5 Å². The molecule has 6 heteroatoms. The standard InChI is InChI=1S/C18H23N5O/c1-22-11-15-16(12-22)20-17(13-3-5-14(19)6-4-13)21-18(15)23-7-2-9-24-10-8-23/h3-6H,2,7-12,19H2,1H3. The molecule has 4 rings (SSSR count). The molecule has 6 nitrogen and oxygen atoms in total. The minimum absolute atomic E-state index is 0.754. The van der Waals surface area contributed by atoms with Crippen LogP contribution < -0.4 is 10.6 Å². The molecule has 126 valence electrons. The molecule has 0 saturated carbocycles. The highest BCUT2D eigenvalue weighted by molar-refractivity contribution is 5.63.